The lowest BCUT2D eigenvalue weighted by atomic mass is 9.61. The number of thiocarbonyl (C=S) groups is 1. The molecule has 0 radical (unpaired) electrons. The predicted molar refractivity (Wildman–Crippen MR) is 91.2 cm³/mol. The van der Waals surface area contributed by atoms with E-state index in [9.17, 15) is 0 Å². The van der Waals surface area contributed by atoms with Crippen LogP contribution in [0.3, 0.4) is 0 Å². The van der Waals surface area contributed by atoms with Crippen LogP contribution in [0.1, 0.15) is 51.0 Å². The molecule has 4 saturated carbocycles. The molecular weight excluding hydrogens is 274 g/mol. The molecule has 4 bridgehead atoms. The Labute approximate surface area is 133 Å². The Bertz CT molecular complexity index is 568. The number of benzene rings is 1. The molecule has 2 heteroatoms. The Morgan fingerprint density at radius 2 is 2.00 bits per heavy atom. The van der Waals surface area contributed by atoms with Crippen LogP contribution in [-0.2, 0) is 5.41 Å². The number of nitrogens with two attached hydrogens (primary N) is 1. The molecule has 2 N–H and O–H groups in total. The molecule has 0 spiro atoms. The lowest BCUT2D eigenvalue weighted by molar-refractivity contribution is 0.155. The third-order valence-corrected chi connectivity index (χ3v) is 7.28. The summed E-state index contributed by atoms with van der Waals surface area (Å²) in [5.74, 6) is 2.46. The van der Waals surface area contributed by atoms with Crippen molar-refractivity contribution < 1.29 is 0 Å². The van der Waals surface area contributed by atoms with Crippen LogP contribution in [0.4, 0.5) is 0 Å². The van der Waals surface area contributed by atoms with E-state index < -0.39 is 0 Å². The van der Waals surface area contributed by atoms with Crippen LogP contribution in [-0.4, -0.2) is 4.99 Å². The second-order valence-electron chi connectivity index (χ2n) is 7.77. The van der Waals surface area contributed by atoms with Gasteiger partial charge in [0.2, 0.25) is 0 Å². The first-order chi connectivity index (χ1) is 10.1. The first kappa shape index (κ1) is 13.8. The Kier molecular flexibility index (Phi) is 2.98. The molecule has 5 atom stereocenters. The van der Waals surface area contributed by atoms with Gasteiger partial charge in [-0.05, 0) is 54.4 Å². The van der Waals surface area contributed by atoms with Gasteiger partial charge in [-0.3, -0.25) is 0 Å². The van der Waals surface area contributed by atoms with Gasteiger partial charge in [0.1, 0.15) is 0 Å². The molecule has 21 heavy (non-hydrogen) atoms. The molecule has 0 saturated heterocycles. The maximum absolute atomic E-state index is 6.28. The number of hydrogen-bond donors (Lipinski definition) is 1. The largest absolute Gasteiger partial charge is 0.393 e. The number of hydrogen-bond acceptors (Lipinski definition) is 1. The Balaban J connectivity index is 1.77. The lowest BCUT2D eigenvalue weighted by Crippen LogP contribution is -2.40. The molecule has 5 rings (SSSR count). The van der Waals surface area contributed by atoms with Crippen molar-refractivity contribution in [2.75, 3.05) is 0 Å². The predicted octanol–water partition coefficient (Wildman–Crippen LogP) is 4.45. The van der Waals surface area contributed by atoms with Gasteiger partial charge in [0.25, 0.3) is 0 Å². The smallest absolute Gasteiger partial charge is 0.0793 e. The number of rotatable bonds is 4. The Morgan fingerprint density at radius 1 is 1.24 bits per heavy atom. The van der Waals surface area contributed by atoms with Crippen molar-refractivity contribution in [3.63, 3.8) is 0 Å². The maximum Gasteiger partial charge on any atom is 0.0793 e. The summed E-state index contributed by atoms with van der Waals surface area (Å²) >= 11 is 5.57. The van der Waals surface area contributed by atoms with Gasteiger partial charge in [0, 0.05) is 5.41 Å². The molecule has 4 fully saturated rings. The summed E-state index contributed by atoms with van der Waals surface area (Å²) in [5.41, 5.74) is 8.36. The molecule has 0 aromatic heterocycles. The second kappa shape index (κ2) is 4.55. The van der Waals surface area contributed by atoms with Gasteiger partial charge >= 0.3 is 0 Å². The van der Waals surface area contributed by atoms with Crippen LogP contribution >= 0.6 is 12.2 Å². The van der Waals surface area contributed by atoms with E-state index in [0.29, 0.717) is 5.41 Å². The van der Waals surface area contributed by atoms with Crippen LogP contribution in [0.25, 0.3) is 0 Å². The summed E-state index contributed by atoms with van der Waals surface area (Å²) in [6.45, 7) is 2.32. The molecule has 0 amide bonds. The Hall–Kier alpha value is -0.890. The average molecular weight is 299 g/mol. The average Bonchev–Trinajstić information content (AvgIpc) is 2.86. The van der Waals surface area contributed by atoms with Crippen molar-refractivity contribution in [3.8, 4) is 0 Å². The molecule has 5 unspecified atom stereocenters. The SMILES string of the molecule is CCCC1C2CC3(c4ccccc4)CC1C(C(N)=S)(C2)C3. The second-order valence-corrected chi connectivity index (χ2v) is 8.21. The normalized spacial score (nSPS) is 43.4. The highest BCUT2D eigenvalue weighted by Crippen LogP contribution is 2.73. The van der Waals surface area contributed by atoms with Crippen molar-refractivity contribution >= 4 is 17.2 Å². The van der Waals surface area contributed by atoms with E-state index in [-0.39, 0.29) is 5.41 Å². The van der Waals surface area contributed by atoms with E-state index >= 15 is 0 Å². The minimum Gasteiger partial charge on any atom is -0.393 e. The third-order valence-electron chi connectivity index (χ3n) is 6.87. The minimum absolute atomic E-state index is 0.175. The molecule has 1 aromatic rings. The van der Waals surface area contributed by atoms with Crippen molar-refractivity contribution in [3.05, 3.63) is 35.9 Å². The zero-order chi connectivity index (χ0) is 14.7. The van der Waals surface area contributed by atoms with Crippen LogP contribution < -0.4 is 5.73 Å². The van der Waals surface area contributed by atoms with E-state index in [1.54, 1.807) is 0 Å². The van der Waals surface area contributed by atoms with Gasteiger partial charge in [-0.25, -0.2) is 0 Å². The van der Waals surface area contributed by atoms with Crippen molar-refractivity contribution in [1.29, 1.82) is 0 Å². The molecule has 1 aromatic carbocycles. The fraction of sp³-hybridized carbons (Fsp3) is 0.632. The van der Waals surface area contributed by atoms with E-state index in [1.165, 1.54) is 44.1 Å². The lowest BCUT2D eigenvalue weighted by Gasteiger charge is -2.43. The van der Waals surface area contributed by atoms with Crippen molar-refractivity contribution in [2.24, 2.45) is 28.9 Å². The zero-order valence-corrected chi connectivity index (χ0v) is 13.7. The zero-order valence-electron chi connectivity index (χ0n) is 12.8. The molecule has 4 aliphatic rings. The summed E-state index contributed by atoms with van der Waals surface area (Å²) in [5, 5.41) is 0. The monoisotopic (exact) mass is 299 g/mol. The van der Waals surface area contributed by atoms with Crippen LogP contribution in [0.5, 0.6) is 0 Å². The highest BCUT2D eigenvalue weighted by atomic mass is 32.1. The van der Waals surface area contributed by atoms with E-state index in [4.69, 9.17) is 18.0 Å². The van der Waals surface area contributed by atoms with Gasteiger partial charge in [0.15, 0.2) is 0 Å². The van der Waals surface area contributed by atoms with Crippen LogP contribution in [0.2, 0.25) is 0 Å². The van der Waals surface area contributed by atoms with Gasteiger partial charge < -0.3 is 5.73 Å². The van der Waals surface area contributed by atoms with Gasteiger partial charge in [0.05, 0.1) is 4.99 Å². The summed E-state index contributed by atoms with van der Waals surface area (Å²) in [4.78, 5) is 0.814. The Morgan fingerprint density at radius 3 is 2.67 bits per heavy atom. The summed E-state index contributed by atoms with van der Waals surface area (Å²) < 4.78 is 0. The van der Waals surface area contributed by atoms with Crippen molar-refractivity contribution in [2.45, 2.75) is 50.9 Å². The summed E-state index contributed by atoms with van der Waals surface area (Å²) in [7, 11) is 0. The van der Waals surface area contributed by atoms with Crippen LogP contribution in [0.15, 0.2) is 30.3 Å². The molecule has 0 heterocycles. The molecule has 4 aliphatic carbocycles. The van der Waals surface area contributed by atoms with E-state index in [0.717, 1.165) is 22.7 Å². The standard InChI is InChI=1S/C19H25NS/c1-2-6-15-13-9-18(14-7-4-3-5-8-14)11-16(15)19(10-13,12-18)17(20)21/h3-5,7-8,13,15-16H,2,6,9-12H2,1H3,(H2,20,21). The fourth-order valence-electron chi connectivity index (χ4n) is 6.31. The highest BCUT2D eigenvalue weighted by Gasteiger charge is 2.68. The topological polar surface area (TPSA) is 26.0 Å². The van der Waals surface area contributed by atoms with E-state index in [2.05, 4.69) is 37.3 Å². The first-order valence-corrected chi connectivity index (χ1v) is 8.87. The minimum atomic E-state index is 0.175. The van der Waals surface area contributed by atoms with Gasteiger partial charge in [-0.1, -0.05) is 62.3 Å². The van der Waals surface area contributed by atoms with Gasteiger partial charge in [-0.15, -0.1) is 0 Å². The summed E-state index contributed by atoms with van der Waals surface area (Å²) in [6, 6.07) is 11.2. The van der Waals surface area contributed by atoms with Crippen LogP contribution in [0, 0.1) is 23.2 Å². The van der Waals surface area contributed by atoms with Gasteiger partial charge in [-0.2, -0.15) is 0 Å². The van der Waals surface area contributed by atoms with Crippen molar-refractivity contribution in [1.82, 2.24) is 0 Å². The molecule has 0 aliphatic heterocycles. The summed E-state index contributed by atoms with van der Waals surface area (Å²) in [6.07, 6.45) is 7.82. The highest BCUT2D eigenvalue weighted by molar-refractivity contribution is 7.80. The third kappa shape index (κ3) is 1.72. The maximum atomic E-state index is 6.28. The van der Waals surface area contributed by atoms with E-state index in [1.807, 2.05) is 0 Å². The molecule has 112 valence electrons. The quantitative estimate of drug-likeness (QED) is 0.831. The first-order valence-electron chi connectivity index (χ1n) is 8.47. The molecular formula is C19H25NS. The molecule has 1 nitrogen and oxygen atoms in total. The fourth-order valence-corrected chi connectivity index (χ4v) is 6.61.